The molecular formula is C13H11FN4O2. The number of hydrogen-bond acceptors (Lipinski definition) is 4. The fourth-order valence-electron chi connectivity index (χ4n) is 1.47. The SMILES string of the molecule is O=C(Cc1ccccc1F)NNC(=O)c1cnccn1. The fourth-order valence-corrected chi connectivity index (χ4v) is 1.47. The minimum absolute atomic E-state index is 0.0682. The van der Waals surface area contributed by atoms with E-state index in [0.717, 1.165) is 0 Å². The highest BCUT2D eigenvalue weighted by molar-refractivity contribution is 5.93. The smallest absolute Gasteiger partial charge is 0.273 e. The number of nitrogens with zero attached hydrogens (tertiary/aromatic N) is 2. The molecule has 0 aliphatic rings. The summed E-state index contributed by atoms with van der Waals surface area (Å²) in [5, 5.41) is 0. The largest absolute Gasteiger partial charge is 0.289 e. The Balaban J connectivity index is 1.87. The van der Waals surface area contributed by atoms with Crippen LogP contribution in [0.4, 0.5) is 4.39 Å². The van der Waals surface area contributed by atoms with Crippen LogP contribution >= 0.6 is 0 Å². The zero-order valence-corrected chi connectivity index (χ0v) is 10.3. The van der Waals surface area contributed by atoms with Crippen molar-refractivity contribution in [2.75, 3.05) is 0 Å². The first-order chi connectivity index (χ1) is 9.66. The molecule has 0 fully saturated rings. The number of halogens is 1. The summed E-state index contributed by atoms with van der Waals surface area (Å²) in [6, 6.07) is 5.93. The molecule has 2 aromatic rings. The lowest BCUT2D eigenvalue weighted by Gasteiger charge is -2.07. The molecule has 0 radical (unpaired) electrons. The van der Waals surface area contributed by atoms with Gasteiger partial charge in [0.15, 0.2) is 0 Å². The third-order valence-electron chi connectivity index (χ3n) is 2.42. The van der Waals surface area contributed by atoms with Gasteiger partial charge in [0.2, 0.25) is 5.91 Å². The van der Waals surface area contributed by atoms with Gasteiger partial charge in [-0.25, -0.2) is 9.37 Å². The van der Waals surface area contributed by atoms with Crippen molar-refractivity contribution in [3.8, 4) is 0 Å². The van der Waals surface area contributed by atoms with Crippen molar-refractivity contribution in [2.24, 2.45) is 0 Å². The van der Waals surface area contributed by atoms with E-state index in [1.165, 1.54) is 36.8 Å². The molecule has 1 heterocycles. The summed E-state index contributed by atoms with van der Waals surface area (Å²) in [6.07, 6.45) is 3.87. The van der Waals surface area contributed by atoms with Crippen LogP contribution in [-0.4, -0.2) is 21.8 Å². The van der Waals surface area contributed by atoms with Crippen LogP contribution in [0.15, 0.2) is 42.9 Å². The Kier molecular flexibility index (Phi) is 4.33. The van der Waals surface area contributed by atoms with Crippen molar-refractivity contribution in [3.63, 3.8) is 0 Å². The average molecular weight is 274 g/mol. The van der Waals surface area contributed by atoms with Crippen LogP contribution in [0.5, 0.6) is 0 Å². The number of nitrogens with one attached hydrogen (secondary N) is 2. The number of amides is 2. The van der Waals surface area contributed by atoms with E-state index in [0.29, 0.717) is 0 Å². The van der Waals surface area contributed by atoms with Gasteiger partial charge in [-0.05, 0) is 11.6 Å². The summed E-state index contributed by atoms with van der Waals surface area (Å²) in [7, 11) is 0. The van der Waals surface area contributed by atoms with Gasteiger partial charge in [-0.2, -0.15) is 0 Å². The summed E-state index contributed by atoms with van der Waals surface area (Å²) in [4.78, 5) is 30.6. The van der Waals surface area contributed by atoms with E-state index in [1.54, 1.807) is 6.07 Å². The Labute approximate surface area is 114 Å². The first kappa shape index (κ1) is 13.6. The van der Waals surface area contributed by atoms with E-state index in [4.69, 9.17) is 0 Å². The number of rotatable bonds is 3. The standard InChI is InChI=1S/C13H11FN4O2/c14-10-4-2-1-3-9(10)7-12(19)17-18-13(20)11-8-15-5-6-16-11/h1-6,8H,7H2,(H,17,19)(H,18,20). The molecular weight excluding hydrogens is 263 g/mol. The normalized spacial score (nSPS) is 9.85. The molecule has 1 aromatic heterocycles. The van der Waals surface area contributed by atoms with E-state index in [1.807, 2.05) is 0 Å². The monoisotopic (exact) mass is 274 g/mol. The molecule has 0 bridgehead atoms. The molecule has 2 amide bonds. The lowest BCUT2D eigenvalue weighted by molar-refractivity contribution is -0.121. The number of aromatic nitrogens is 2. The van der Waals surface area contributed by atoms with E-state index in [-0.39, 0.29) is 17.7 Å². The third-order valence-corrected chi connectivity index (χ3v) is 2.42. The number of carbonyl (C=O) groups excluding carboxylic acids is 2. The predicted octanol–water partition coefficient (Wildman–Crippen LogP) is 0.619. The maximum Gasteiger partial charge on any atom is 0.289 e. The number of benzene rings is 1. The van der Waals surface area contributed by atoms with E-state index < -0.39 is 17.6 Å². The molecule has 2 rings (SSSR count). The van der Waals surface area contributed by atoms with Crippen molar-refractivity contribution < 1.29 is 14.0 Å². The van der Waals surface area contributed by atoms with E-state index in [2.05, 4.69) is 20.8 Å². The van der Waals surface area contributed by atoms with Gasteiger partial charge in [-0.3, -0.25) is 25.4 Å². The Hall–Kier alpha value is -2.83. The second kappa shape index (κ2) is 6.37. The highest BCUT2D eigenvalue weighted by Crippen LogP contribution is 2.06. The Morgan fingerprint density at radius 1 is 1.15 bits per heavy atom. The van der Waals surface area contributed by atoms with Crippen LogP contribution in [0.3, 0.4) is 0 Å². The quantitative estimate of drug-likeness (QED) is 0.804. The molecule has 0 aliphatic carbocycles. The molecule has 0 unspecified atom stereocenters. The third kappa shape index (κ3) is 3.58. The van der Waals surface area contributed by atoms with Gasteiger partial charge in [0.25, 0.3) is 5.91 Å². The molecule has 6 nitrogen and oxygen atoms in total. The van der Waals surface area contributed by atoms with Gasteiger partial charge in [0, 0.05) is 12.4 Å². The van der Waals surface area contributed by atoms with Crippen LogP contribution in [0.1, 0.15) is 16.1 Å². The first-order valence-corrected chi connectivity index (χ1v) is 5.75. The Morgan fingerprint density at radius 2 is 1.95 bits per heavy atom. The van der Waals surface area contributed by atoms with Gasteiger partial charge < -0.3 is 0 Å². The average Bonchev–Trinajstić information content (AvgIpc) is 2.48. The summed E-state index contributed by atoms with van der Waals surface area (Å²) in [5.74, 6) is -1.60. The molecule has 7 heteroatoms. The number of carbonyl (C=O) groups is 2. The molecule has 0 spiro atoms. The lowest BCUT2D eigenvalue weighted by atomic mass is 10.1. The van der Waals surface area contributed by atoms with E-state index in [9.17, 15) is 14.0 Å². The van der Waals surface area contributed by atoms with Gasteiger partial charge in [0.1, 0.15) is 11.5 Å². The summed E-state index contributed by atoms with van der Waals surface area (Å²) < 4.78 is 13.3. The summed E-state index contributed by atoms with van der Waals surface area (Å²) >= 11 is 0. The van der Waals surface area contributed by atoms with Gasteiger partial charge in [-0.15, -0.1) is 0 Å². The van der Waals surface area contributed by atoms with Crippen molar-refractivity contribution >= 4 is 11.8 Å². The highest BCUT2D eigenvalue weighted by Gasteiger charge is 2.10. The number of hydrogen-bond donors (Lipinski definition) is 2. The van der Waals surface area contributed by atoms with Crippen LogP contribution in [0.25, 0.3) is 0 Å². The van der Waals surface area contributed by atoms with Gasteiger partial charge >= 0.3 is 0 Å². The fraction of sp³-hybridized carbons (Fsp3) is 0.0769. The van der Waals surface area contributed by atoms with Gasteiger partial charge in [-0.1, -0.05) is 18.2 Å². The predicted molar refractivity (Wildman–Crippen MR) is 67.7 cm³/mol. The van der Waals surface area contributed by atoms with Crippen molar-refractivity contribution in [1.29, 1.82) is 0 Å². The topological polar surface area (TPSA) is 84.0 Å². The van der Waals surface area contributed by atoms with Crippen LogP contribution < -0.4 is 10.9 Å². The minimum atomic E-state index is -0.597. The lowest BCUT2D eigenvalue weighted by Crippen LogP contribution is -2.42. The maximum atomic E-state index is 13.3. The Morgan fingerprint density at radius 3 is 2.65 bits per heavy atom. The van der Waals surface area contributed by atoms with Crippen molar-refractivity contribution in [2.45, 2.75) is 6.42 Å². The van der Waals surface area contributed by atoms with Crippen LogP contribution in [0, 0.1) is 5.82 Å². The van der Waals surface area contributed by atoms with Crippen LogP contribution in [0.2, 0.25) is 0 Å². The summed E-state index contributed by atoms with van der Waals surface area (Å²) in [6.45, 7) is 0. The molecule has 0 saturated heterocycles. The molecule has 0 aliphatic heterocycles. The zero-order valence-electron chi connectivity index (χ0n) is 10.3. The second-order valence-corrected chi connectivity index (χ2v) is 3.86. The second-order valence-electron chi connectivity index (χ2n) is 3.86. The molecule has 2 N–H and O–H groups in total. The molecule has 20 heavy (non-hydrogen) atoms. The van der Waals surface area contributed by atoms with Crippen LogP contribution in [-0.2, 0) is 11.2 Å². The number of hydrazine groups is 1. The molecule has 1 aromatic carbocycles. The van der Waals surface area contributed by atoms with Crippen molar-refractivity contribution in [1.82, 2.24) is 20.8 Å². The maximum absolute atomic E-state index is 13.3. The van der Waals surface area contributed by atoms with Crippen molar-refractivity contribution in [3.05, 3.63) is 59.9 Å². The molecule has 0 atom stereocenters. The molecule has 0 saturated carbocycles. The first-order valence-electron chi connectivity index (χ1n) is 5.75. The molecule has 102 valence electrons. The Bertz CT molecular complexity index is 619. The van der Waals surface area contributed by atoms with E-state index >= 15 is 0 Å². The van der Waals surface area contributed by atoms with Gasteiger partial charge in [0.05, 0.1) is 12.6 Å². The summed E-state index contributed by atoms with van der Waals surface area (Å²) in [5.41, 5.74) is 4.68. The minimum Gasteiger partial charge on any atom is -0.273 e. The highest BCUT2D eigenvalue weighted by atomic mass is 19.1. The zero-order chi connectivity index (χ0) is 14.4.